The Kier molecular flexibility index (Phi) is 4.33. The summed E-state index contributed by atoms with van der Waals surface area (Å²) < 4.78 is 0. The van der Waals surface area contributed by atoms with Crippen LogP contribution >= 0.6 is 0 Å². The molecular formula is C33H22O4. The molecule has 0 saturated heterocycles. The SMILES string of the molecule is Oc1ccc2cc(C3(c4ccc5c(O)c(O)ccc5c4)c4ccccc4-c4ccccc43)ccc2c1O. The van der Waals surface area contributed by atoms with Gasteiger partial charge < -0.3 is 20.4 Å². The van der Waals surface area contributed by atoms with Crippen molar-refractivity contribution < 1.29 is 20.4 Å². The maximum Gasteiger partial charge on any atom is 0.165 e. The molecule has 6 aromatic carbocycles. The van der Waals surface area contributed by atoms with Gasteiger partial charge in [0.05, 0.1) is 5.41 Å². The van der Waals surface area contributed by atoms with Crippen LogP contribution in [0.25, 0.3) is 32.7 Å². The van der Waals surface area contributed by atoms with E-state index in [1.54, 1.807) is 0 Å². The topological polar surface area (TPSA) is 80.9 Å². The van der Waals surface area contributed by atoms with Crippen molar-refractivity contribution in [3.8, 4) is 34.1 Å². The number of phenolic OH excluding ortho intramolecular Hbond substituents is 4. The van der Waals surface area contributed by atoms with Crippen LogP contribution in [-0.2, 0) is 5.41 Å². The minimum absolute atomic E-state index is 0.133. The third kappa shape index (κ3) is 2.78. The number of fused-ring (bicyclic) bond motifs is 5. The van der Waals surface area contributed by atoms with Gasteiger partial charge in [-0.05, 0) is 68.4 Å². The van der Waals surface area contributed by atoms with Crippen LogP contribution in [0.4, 0.5) is 0 Å². The van der Waals surface area contributed by atoms with E-state index in [2.05, 4.69) is 48.5 Å². The lowest BCUT2D eigenvalue weighted by Crippen LogP contribution is -2.28. The van der Waals surface area contributed by atoms with E-state index < -0.39 is 5.41 Å². The summed E-state index contributed by atoms with van der Waals surface area (Å²) >= 11 is 0. The van der Waals surface area contributed by atoms with E-state index in [1.807, 2.05) is 48.5 Å². The number of hydrogen-bond acceptors (Lipinski definition) is 4. The summed E-state index contributed by atoms with van der Waals surface area (Å²) in [6.45, 7) is 0. The Morgan fingerprint density at radius 3 is 1.32 bits per heavy atom. The zero-order chi connectivity index (χ0) is 25.3. The number of phenols is 4. The van der Waals surface area contributed by atoms with E-state index in [0.29, 0.717) is 10.8 Å². The Balaban J connectivity index is 1.62. The zero-order valence-corrected chi connectivity index (χ0v) is 19.7. The molecule has 0 saturated carbocycles. The van der Waals surface area contributed by atoms with Gasteiger partial charge in [-0.3, -0.25) is 0 Å². The molecule has 0 unspecified atom stereocenters. The molecule has 4 nitrogen and oxygen atoms in total. The lowest BCUT2D eigenvalue weighted by atomic mass is 9.67. The van der Waals surface area contributed by atoms with Crippen LogP contribution in [0.2, 0.25) is 0 Å². The molecule has 37 heavy (non-hydrogen) atoms. The highest BCUT2D eigenvalue weighted by molar-refractivity contribution is 5.95. The normalized spacial score (nSPS) is 13.5. The van der Waals surface area contributed by atoms with Crippen molar-refractivity contribution in [1.82, 2.24) is 0 Å². The van der Waals surface area contributed by atoms with Gasteiger partial charge in [-0.15, -0.1) is 0 Å². The van der Waals surface area contributed by atoms with Gasteiger partial charge in [0.2, 0.25) is 0 Å². The summed E-state index contributed by atoms with van der Waals surface area (Å²) in [6.07, 6.45) is 0. The molecule has 0 radical (unpaired) electrons. The lowest BCUT2D eigenvalue weighted by Gasteiger charge is -2.34. The molecule has 0 aromatic heterocycles. The molecule has 178 valence electrons. The van der Waals surface area contributed by atoms with Crippen LogP contribution in [-0.4, -0.2) is 20.4 Å². The molecule has 0 amide bonds. The molecule has 1 aliphatic carbocycles. The zero-order valence-electron chi connectivity index (χ0n) is 19.7. The first-order valence-electron chi connectivity index (χ1n) is 12.1. The highest BCUT2D eigenvalue weighted by atomic mass is 16.3. The van der Waals surface area contributed by atoms with E-state index in [-0.39, 0.29) is 23.0 Å². The molecular weight excluding hydrogens is 460 g/mol. The maximum atomic E-state index is 10.5. The van der Waals surface area contributed by atoms with Crippen LogP contribution in [0, 0.1) is 0 Å². The van der Waals surface area contributed by atoms with Crippen molar-refractivity contribution >= 4 is 21.5 Å². The Morgan fingerprint density at radius 1 is 0.432 bits per heavy atom. The minimum atomic E-state index is -0.670. The first-order valence-corrected chi connectivity index (χ1v) is 12.1. The van der Waals surface area contributed by atoms with Crippen LogP contribution in [0.3, 0.4) is 0 Å². The third-order valence-electron chi connectivity index (χ3n) is 7.76. The quantitative estimate of drug-likeness (QED) is 0.197. The number of hydrogen-bond donors (Lipinski definition) is 4. The maximum absolute atomic E-state index is 10.5. The van der Waals surface area contributed by atoms with Crippen molar-refractivity contribution in [2.75, 3.05) is 0 Å². The van der Waals surface area contributed by atoms with Gasteiger partial charge in [0.25, 0.3) is 0 Å². The monoisotopic (exact) mass is 482 g/mol. The average Bonchev–Trinajstić information content (AvgIpc) is 3.24. The van der Waals surface area contributed by atoms with Gasteiger partial charge in [0.15, 0.2) is 23.0 Å². The van der Waals surface area contributed by atoms with Gasteiger partial charge in [-0.25, -0.2) is 0 Å². The number of aromatic hydroxyl groups is 4. The standard InChI is InChI=1S/C33H22O4/c34-29-15-9-19-17-21(11-13-23(19)31(29)36)33(22-12-14-24-20(18-22)10-16-30(35)32(24)37)27-7-3-1-5-25(27)26-6-2-4-8-28(26)33/h1-18,34-37H. The van der Waals surface area contributed by atoms with E-state index in [9.17, 15) is 20.4 Å². The summed E-state index contributed by atoms with van der Waals surface area (Å²) in [7, 11) is 0. The van der Waals surface area contributed by atoms with Gasteiger partial charge in [0, 0.05) is 10.8 Å². The second kappa shape index (κ2) is 7.52. The summed E-state index contributed by atoms with van der Waals surface area (Å²) in [5.41, 5.74) is 5.95. The fourth-order valence-electron chi connectivity index (χ4n) is 6.09. The Morgan fingerprint density at radius 2 is 0.865 bits per heavy atom. The molecule has 0 fully saturated rings. The predicted octanol–water partition coefficient (Wildman–Crippen LogP) is 7.18. The van der Waals surface area contributed by atoms with Gasteiger partial charge in [-0.2, -0.15) is 0 Å². The molecule has 0 aliphatic heterocycles. The number of rotatable bonds is 2. The highest BCUT2D eigenvalue weighted by Crippen LogP contribution is 2.57. The molecule has 0 spiro atoms. The molecule has 4 heteroatoms. The molecule has 7 rings (SSSR count). The van der Waals surface area contributed by atoms with E-state index in [1.165, 1.54) is 12.1 Å². The van der Waals surface area contributed by atoms with Crippen LogP contribution < -0.4 is 0 Å². The van der Waals surface area contributed by atoms with Crippen molar-refractivity contribution in [3.63, 3.8) is 0 Å². The van der Waals surface area contributed by atoms with Crippen molar-refractivity contribution in [2.45, 2.75) is 5.41 Å². The van der Waals surface area contributed by atoms with Crippen molar-refractivity contribution in [3.05, 3.63) is 131 Å². The van der Waals surface area contributed by atoms with E-state index in [0.717, 1.165) is 44.2 Å². The van der Waals surface area contributed by atoms with Crippen molar-refractivity contribution in [1.29, 1.82) is 0 Å². The molecule has 6 aromatic rings. The Bertz CT molecular complexity index is 1750. The third-order valence-corrected chi connectivity index (χ3v) is 7.76. The van der Waals surface area contributed by atoms with E-state index >= 15 is 0 Å². The van der Waals surface area contributed by atoms with Crippen LogP contribution in [0.15, 0.2) is 109 Å². The summed E-state index contributed by atoms with van der Waals surface area (Å²) in [5, 5.41) is 43.8. The van der Waals surface area contributed by atoms with Crippen LogP contribution in [0.5, 0.6) is 23.0 Å². The van der Waals surface area contributed by atoms with E-state index in [4.69, 9.17) is 0 Å². The second-order valence-corrected chi connectivity index (χ2v) is 9.58. The molecule has 0 atom stereocenters. The molecule has 1 aliphatic rings. The minimum Gasteiger partial charge on any atom is -0.504 e. The van der Waals surface area contributed by atoms with Crippen LogP contribution in [0.1, 0.15) is 22.3 Å². The first-order chi connectivity index (χ1) is 18.0. The largest absolute Gasteiger partial charge is 0.504 e. The molecule has 0 heterocycles. The van der Waals surface area contributed by atoms with Gasteiger partial charge in [0.1, 0.15) is 0 Å². The highest BCUT2D eigenvalue weighted by Gasteiger charge is 2.46. The first kappa shape index (κ1) is 21.3. The summed E-state index contributed by atoms with van der Waals surface area (Å²) in [4.78, 5) is 0. The van der Waals surface area contributed by atoms with Gasteiger partial charge in [-0.1, -0.05) is 84.9 Å². The molecule has 0 bridgehead atoms. The lowest BCUT2D eigenvalue weighted by molar-refractivity contribution is 0.408. The van der Waals surface area contributed by atoms with Crippen molar-refractivity contribution in [2.24, 2.45) is 0 Å². The Hall–Kier alpha value is -4.96. The number of benzene rings is 6. The second-order valence-electron chi connectivity index (χ2n) is 9.58. The molecule has 4 N–H and O–H groups in total. The van der Waals surface area contributed by atoms with Gasteiger partial charge >= 0.3 is 0 Å². The fraction of sp³-hybridized carbons (Fsp3) is 0.0303. The summed E-state index contributed by atoms with van der Waals surface area (Å²) in [5.74, 6) is -0.564. The Labute approximate surface area is 213 Å². The average molecular weight is 483 g/mol. The smallest absolute Gasteiger partial charge is 0.165 e. The predicted molar refractivity (Wildman–Crippen MR) is 145 cm³/mol. The fourth-order valence-corrected chi connectivity index (χ4v) is 6.09. The summed E-state index contributed by atoms with van der Waals surface area (Å²) in [6, 6.07) is 35.3.